The minimum atomic E-state index is -0.109. The Kier molecular flexibility index (Phi) is 6.81. The highest BCUT2D eigenvalue weighted by molar-refractivity contribution is 8.00. The maximum atomic E-state index is 11.1. The predicted molar refractivity (Wildman–Crippen MR) is 114 cm³/mol. The first kappa shape index (κ1) is 19.8. The van der Waals surface area contributed by atoms with Crippen LogP contribution >= 0.6 is 34.4 Å². The van der Waals surface area contributed by atoms with Crippen molar-refractivity contribution in [1.29, 1.82) is 0 Å². The summed E-state index contributed by atoms with van der Waals surface area (Å²) in [4.78, 5) is 15.5. The van der Waals surface area contributed by atoms with Crippen molar-refractivity contribution in [1.82, 2.24) is 15.2 Å². The Labute approximate surface area is 170 Å². The summed E-state index contributed by atoms with van der Waals surface area (Å²) < 4.78 is 0.888. The third kappa shape index (κ3) is 5.27. The number of para-hydroxylation sites is 1. The van der Waals surface area contributed by atoms with Gasteiger partial charge in [0.1, 0.15) is 0 Å². The molecule has 0 fully saturated rings. The average molecular weight is 420 g/mol. The average Bonchev–Trinajstić information content (AvgIpc) is 3.29. The molecule has 0 saturated carbocycles. The molecule has 1 amide bonds. The molecule has 0 radical (unpaired) electrons. The van der Waals surface area contributed by atoms with Gasteiger partial charge in [0, 0.05) is 23.7 Å². The first-order valence-electron chi connectivity index (χ1n) is 8.65. The number of carbonyl (C=O) groups excluding carboxylic acids is 1. The molecule has 9 heteroatoms. The molecule has 0 atom stereocenters. The number of benzene rings is 1. The number of amides is 1. The predicted octanol–water partition coefficient (Wildman–Crippen LogP) is 5.11. The topological polar surface area (TPSA) is 79.8 Å². The van der Waals surface area contributed by atoms with E-state index in [1.54, 1.807) is 11.8 Å². The quantitative estimate of drug-likeness (QED) is 0.494. The van der Waals surface area contributed by atoms with Gasteiger partial charge >= 0.3 is 0 Å². The van der Waals surface area contributed by atoms with Crippen molar-refractivity contribution in [3.05, 3.63) is 40.4 Å². The molecule has 1 aromatic carbocycles. The van der Waals surface area contributed by atoms with Gasteiger partial charge in [-0.25, -0.2) is 4.98 Å². The van der Waals surface area contributed by atoms with Gasteiger partial charge in [-0.1, -0.05) is 55.1 Å². The van der Waals surface area contributed by atoms with Crippen LogP contribution in [0.1, 0.15) is 37.6 Å². The molecule has 0 bridgehead atoms. The van der Waals surface area contributed by atoms with Crippen LogP contribution in [0.3, 0.4) is 0 Å². The summed E-state index contributed by atoms with van der Waals surface area (Å²) in [7, 11) is 0. The summed E-state index contributed by atoms with van der Waals surface area (Å²) in [6, 6.07) is 6.40. The van der Waals surface area contributed by atoms with Crippen molar-refractivity contribution in [2.24, 2.45) is 0 Å². The zero-order chi connectivity index (χ0) is 19.2. The normalized spacial score (nSPS) is 10.8. The van der Waals surface area contributed by atoms with Gasteiger partial charge in [-0.15, -0.1) is 21.5 Å². The molecule has 0 unspecified atom stereocenters. The van der Waals surface area contributed by atoms with E-state index in [1.807, 2.05) is 5.38 Å². The summed E-state index contributed by atoms with van der Waals surface area (Å²) in [6.45, 7) is 5.79. The van der Waals surface area contributed by atoms with Crippen molar-refractivity contribution in [2.75, 3.05) is 10.6 Å². The number of nitrogens with one attached hydrogen (secondary N) is 2. The molecule has 0 spiro atoms. The standard InChI is InChI=1S/C18H21N5OS3/c1-4-12-7-6-8-13(5-2)15(12)21-17-22-23-18(27-17)26-10-14-9-25-16(20-14)19-11(3)24/h6-9H,4-5,10H2,1-3H3,(H,21,22)(H,19,20,24). The second-order valence-electron chi connectivity index (χ2n) is 5.77. The molecule has 6 nitrogen and oxygen atoms in total. The maximum Gasteiger partial charge on any atom is 0.223 e. The molecule has 3 rings (SSSR count). The lowest BCUT2D eigenvalue weighted by Gasteiger charge is -2.13. The molecule has 3 aromatic rings. The molecule has 0 aliphatic heterocycles. The lowest BCUT2D eigenvalue weighted by Crippen LogP contribution is -2.05. The van der Waals surface area contributed by atoms with Crippen LogP contribution in [0.15, 0.2) is 27.9 Å². The second-order valence-corrected chi connectivity index (χ2v) is 8.83. The number of hydrogen-bond donors (Lipinski definition) is 2. The fourth-order valence-corrected chi connectivity index (χ4v) is 5.06. The molecule has 0 aliphatic carbocycles. The summed E-state index contributed by atoms with van der Waals surface area (Å²) in [5.41, 5.74) is 4.64. The largest absolute Gasteiger partial charge is 0.330 e. The molecule has 27 heavy (non-hydrogen) atoms. The highest BCUT2D eigenvalue weighted by Crippen LogP contribution is 2.32. The first-order valence-corrected chi connectivity index (χ1v) is 11.3. The maximum absolute atomic E-state index is 11.1. The first-order chi connectivity index (χ1) is 13.1. The number of thiazole rings is 1. The van der Waals surface area contributed by atoms with E-state index in [1.165, 1.54) is 40.7 Å². The number of aryl methyl sites for hydroxylation is 2. The second kappa shape index (κ2) is 9.29. The van der Waals surface area contributed by atoms with Crippen LogP contribution in [-0.2, 0) is 23.4 Å². The number of rotatable bonds is 8. The fourth-order valence-electron chi connectivity index (χ4n) is 2.55. The van der Waals surface area contributed by atoms with Crippen LogP contribution in [-0.4, -0.2) is 21.1 Å². The van der Waals surface area contributed by atoms with Gasteiger partial charge in [0.2, 0.25) is 11.0 Å². The fraction of sp³-hybridized carbons (Fsp3) is 0.333. The molecule has 0 saturated heterocycles. The molecular formula is C18H21N5OS3. The van der Waals surface area contributed by atoms with Crippen LogP contribution in [0.25, 0.3) is 0 Å². The number of aromatic nitrogens is 3. The van der Waals surface area contributed by atoms with Crippen LogP contribution in [0.5, 0.6) is 0 Å². The highest BCUT2D eigenvalue weighted by Gasteiger charge is 2.11. The van der Waals surface area contributed by atoms with Crippen LogP contribution in [0, 0.1) is 0 Å². The van der Waals surface area contributed by atoms with E-state index in [-0.39, 0.29) is 5.91 Å². The SMILES string of the molecule is CCc1cccc(CC)c1Nc1nnc(SCc2csc(NC(C)=O)n2)s1. The third-order valence-corrected chi connectivity index (χ3v) is 6.63. The monoisotopic (exact) mass is 419 g/mol. The number of carbonyl (C=O) groups is 1. The third-order valence-electron chi connectivity index (χ3n) is 3.82. The van der Waals surface area contributed by atoms with E-state index in [0.717, 1.165) is 33.7 Å². The van der Waals surface area contributed by atoms with Gasteiger partial charge in [-0.2, -0.15) is 0 Å². The van der Waals surface area contributed by atoms with E-state index >= 15 is 0 Å². The van der Waals surface area contributed by atoms with Gasteiger partial charge in [0.05, 0.1) is 5.69 Å². The minimum Gasteiger partial charge on any atom is -0.330 e. The summed E-state index contributed by atoms with van der Waals surface area (Å²) in [6.07, 6.45) is 1.94. The number of thioether (sulfide) groups is 1. The summed E-state index contributed by atoms with van der Waals surface area (Å²) in [5, 5.41) is 18.1. The van der Waals surface area contributed by atoms with Crippen LogP contribution in [0.2, 0.25) is 0 Å². The van der Waals surface area contributed by atoms with Crippen LogP contribution in [0.4, 0.5) is 16.0 Å². The Morgan fingerprint density at radius 1 is 1.15 bits per heavy atom. The smallest absolute Gasteiger partial charge is 0.223 e. The summed E-state index contributed by atoms with van der Waals surface area (Å²) in [5.74, 6) is 0.582. The zero-order valence-corrected chi connectivity index (χ0v) is 17.9. The minimum absolute atomic E-state index is 0.109. The Bertz CT molecular complexity index is 899. The lowest BCUT2D eigenvalue weighted by molar-refractivity contribution is -0.114. The highest BCUT2D eigenvalue weighted by atomic mass is 32.2. The van der Waals surface area contributed by atoms with Crippen molar-refractivity contribution in [2.45, 2.75) is 43.7 Å². The molecule has 2 aromatic heterocycles. The Morgan fingerprint density at radius 3 is 2.56 bits per heavy atom. The Morgan fingerprint density at radius 2 is 1.89 bits per heavy atom. The van der Waals surface area contributed by atoms with Gasteiger partial charge in [-0.05, 0) is 24.0 Å². The molecule has 142 valence electrons. The van der Waals surface area contributed by atoms with E-state index in [9.17, 15) is 4.79 Å². The molecular weight excluding hydrogens is 398 g/mol. The van der Waals surface area contributed by atoms with E-state index in [0.29, 0.717) is 10.9 Å². The van der Waals surface area contributed by atoms with E-state index < -0.39 is 0 Å². The Balaban J connectivity index is 1.64. The lowest BCUT2D eigenvalue weighted by atomic mass is 10.0. The summed E-state index contributed by atoms with van der Waals surface area (Å²) >= 11 is 4.56. The molecule has 0 aliphatic rings. The Hall–Kier alpha value is -1.97. The zero-order valence-electron chi connectivity index (χ0n) is 15.4. The van der Waals surface area contributed by atoms with Gasteiger partial charge in [0.25, 0.3) is 0 Å². The van der Waals surface area contributed by atoms with Crippen molar-refractivity contribution >= 4 is 56.3 Å². The number of hydrogen-bond acceptors (Lipinski definition) is 8. The number of nitrogens with zero attached hydrogens (tertiary/aromatic N) is 3. The van der Waals surface area contributed by atoms with Crippen LogP contribution < -0.4 is 10.6 Å². The van der Waals surface area contributed by atoms with E-state index in [2.05, 4.69) is 57.9 Å². The number of anilines is 3. The van der Waals surface area contributed by atoms with Crippen molar-refractivity contribution < 1.29 is 4.79 Å². The van der Waals surface area contributed by atoms with Gasteiger partial charge < -0.3 is 10.6 Å². The van der Waals surface area contributed by atoms with Crippen molar-refractivity contribution in [3.8, 4) is 0 Å². The molecule has 2 N–H and O–H groups in total. The van der Waals surface area contributed by atoms with Crippen molar-refractivity contribution in [3.63, 3.8) is 0 Å². The molecule has 2 heterocycles. The van der Waals surface area contributed by atoms with Gasteiger partial charge in [0.15, 0.2) is 9.47 Å². The van der Waals surface area contributed by atoms with Gasteiger partial charge in [-0.3, -0.25) is 4.79 Å². The van der Waals surface area contributed by atoms with E-state index in [4.69, 9.17) is 0 Å².